The number of methoxy groups -OCH3 is 1. The van der Waals surface area contributed by atoms with Crippen molar-refractivity contribution in [1.29, 1.82) is 0 Å². The van der Waals surface area contributed by atoms with E-state index in [2.05, 4.69) is 29.2 Å². The van der Waals surface area contributed by atoms with Crippen LogP contribution in [0.1, 0.15) is 12.0 Å². The molecule has 0 atom stereocenters. The first kappa shape index (κ1) is 13.2. The van der Waals surface area contributed by atoms with E-state index in [9.17, 15) is 0 Å². The second-order valence-corrected chi connectivity index (χ2v) is 3.90. The number of nitrogens with zero attached hydrogens (tertiary/aromatic N) is 1. The van der Waals surface area contributed by atoms with Gasteiger partial charge in [0.2, 0.25) is 0 Å². The molecule has 1 aromatic rings. The van der Waals surface area contributed by atoms with Gasteiger partial charge in [0.25, 0.3) is 0 Å². The first-order chi connectivity index (χ1) is 7.86. The number of hydrogen-bond donors (Lipinski definition) is 1. The zero-order valence-corrected chi connectivity index (χ0v) is 10.1. The van der Waals surface area contributed by atoms with Gasteiger partial charge in [0.1, 0.15) is 0 Å². The average molecular weight is 222 g/mol. The fourth-order valence-corrected chi connectivity index (χ4v) is 1.73. The van der Waals surface area contributed by atoms with Crippen LogP contribution in [-0.2, 0) is 11.3 Å². The molecule has 0 radical (unpaired) electrons. The zero-order chi connectivity index (χ0) is 11.6. The molecule has 0 aromatic heterocycles. The van der Waals surface area contributed by atoms with Crippen LogP contribution in [-0.4, -0.2) is 38.3 Å². The lowest BCUT2D eigenvalue weighted by Gasteiger charge is -2.21. The van der Waals surface area contributed by atoms with E-state index >= 15 is 0 Å². The normalized spacial score (nSPS) is 10.9. The molecule has 1 rings (SSSR count). The molecule has 0 unspecified atom stereocenters. The molecule has 2 N–H and O–H groups in total. The maximum Gasteiger partial charge on any atom is 0.0474 e. The number of ether oxygens (including phenoxy) is 1. The van der Waals surface area contributed by atoms with Crippen molar-refractivity contribution < 1.29 is 4.74 Å². The van der Waals surface area contributed by atoms with E-state index in [1.807, 2.05) is 6.07 Å². The predicted octanol–water partition coefficient (Wildman–Crippen LogP) is 1.48. The standard InChI is InChI=1S/C13H22N2O/c1-16-11-5-9-15(10-8-14)12-13-6-3-2-4-7-13/h2-4,6-7H,5,8-12,14H2,1H3. The zero-order valence-electron chi connectivity index (χ0n) is 10.1. The summed E-state index contributed by atoms with van der Waals surface area (Å²) in [6, 6.07) is 10.5. The van der Waals surface area contributed by atoms with Crippen molar-refractivity contribution >= 4 is 0 Å². The van der Waals surface area contributed by atoms with Gasteiger partial charge in [-0.1, -0.05) is 30.3 Å². The van der Waals surface area contributed by atoms with Crippen molar-refractivity contribution in [2.45, 2.75) is 13.0 Å². The fraction of sp³-hybridized carbons (Fsp3) is 0.538. The minimum Gasteiger partial charge on any atom is -0.385 e. The quantitative estimate of drug-likeness (QED) is 0.677. The van der Waals surface area contributed by atoms with Gasteiger partial charge in [-0.2, -0.15) is 0 Å². The van der Waals surface area contributed by atoms with Crippen molar-refractivity contribution in [3.05, 3.63) is 35.9 Å². The smallest absolute Gasteiger partial charge is 0.0474 e. The van der Waals surface area contributed by atoms with E-state index in [0.29, 0.717) is 6.54 Å². The summed E-state index contributed by atoms with van der Waals surface area (Å²) in [6.45, 7) is 4.48. The van der Waals surface area contributed by atoms with E-state index < -0.39 is 0 Å². The molecule has 3 heteroatoms. The van der Waals surface area contributed by atoms with Gasteiger partial charge in [-0.05, 0) is 12.0 Å². The Morgan fingerprint density at radius 2 is 1.94 bits per heavy atom. The molecule has 0 aliphatic carbocycles. The first-order valence-electron chi connectivity index (χ1n) is 5.82. The summed E-state index contributed by atoms with van der Waals surface area (Å²) in [5.41, 5.74) is 6.96. The highest BCUT2D eigenvalue weighted by atomic mass is 16.5. The number of benzene rings is 1. The highest BCUT2D eigenvalue weighted by molar-refractivity contribution is 5.14. The minimum absolute atomic E-state index is 0.708. The van der Waals surface area contributed by atoms with Gasteiger partial charge in [0, 0.05) is 39.9 Å². The molecular formula is C13H22N2O. The Bertz CT molecular complexity index is 264. The van der Waals surface area contributed by atoms with Crippen LogP contribution in [0.2, 0.25) is 0 Å². The van der Waals surface area contributed by atoms with E-state index in [4.69, 9.17) is 10.5 Å². The van der Waals surface area contributed by atoms with Crippen LogP contribution in [0.15, 0.2) is 30.3 Å². The SMILES string of the molecule is COCCCN(CCN)Cc1ccccc1. The van der Waals surface area contributed by atoms with Crippen molar-refractivity contribution in [2.75, 3.05) is 33.4 Å². The summed E-state index contributed by atoms with van der Waals surface area (Å²) in [6.07, 6.45) is 1.06. The van der Waals surface area contributed by atoms with Gasteiger partial charge >= 0.3 is 0 Å². The molecule has 0 fully saturated rings. The van der Waals surface area contributed by atoms with Gasteiger partial charge in [-0.3, -0.25) is 4.90 Å². The third kappa shape index (κ3) is 5.26. The van der Waals surface area contributed by atoms with Crippen LogP contribution in [0.4, 0.5) is 0 Å². The Morgan fingerprint density at radius 3 is 2.56 bits per heavy atom. The Kier molecular flexibility index (Phi) is 6.81. The summed E-state index contributed by atoms with van der Waals surface area (Å²) >= 11 is 0. The lowest BCUT2D eigenvalue weighted by Crippen LogP contribution is -2.30. The minimum atomic E-state index is 0.708. The van der Waals surface area contributed by atoms with Gasteiger partial charge in [-0.25, -0.2) is 0 Å². The van der Waals surface area contributed by atoms with Gasteiger partial charge in [0.05, 0.1) is 0 Å². The number of rotatable bonds is 8. The Hall–Kier alpha value is -0.900. The van der Waals surface area contributed by atoms with Gasteiger partial charge in [0.15, 0.2) is 0 Å². The summed E-state index contributed by atoms with van der Waals surface area (Å²) in [7, 11) is 1.74. The van der Waals surface area contributed by atoms with E-state index in [1.54, 1.807) is 7.11 Å². The van der Waals surface area contributed by atoms with Crippen molar-refractivity contribution in [3.63, 3.8) is 0 Å². The maximum absolute atomic E-state index is 5.61. The summed E-state index contributed by atoms with van der Waals surface area (Å²) in [4.78, 5) is 2.37. The summed E-state index contributed by atoms with van der Waals surface area (Å²) in [5, 5.41) is 0. The molecule has 0 spiro atoms. The molecule has 0 amide bonds. The molecular weight excluding hydrogens is 200 g/mol. The highest BCUT2D eigenvalue weighted by Crippen LogP contribution is 2.04. The van der Waals surface area contributed by atoms with Crippen LogP contribution in [0.3, 0.4) is 0 Å². The van der Waals surface area contributed by atoms with Crippen LogP contribution >= 0.6 is 0 Å². The molecule has 3 nitrogen and oxygen atoms in total. The lowest BCUT2D eigenvalue weighted by molar-refractivity contribution is 0.170. The monoisotopic (exact) mass is 222 g/mol. The van der Waals surface area contributed by atoms with Crippen molar-refractivity contribution in [3.8, 4) is 0 Å². The van der Waals surface area contributed by atoms with Crippen LogP contribution < -0.4 is 5.73 Å². The average Bonchev–Trinajstić information content (AvgIpc) is 2.31. The second kappa shape index (κ2) is 8.28. The molecule has 0 aliphatic rings. The van der Waals surface area contributed by atoms with Crippen molar-refractivity contribution in [1.82, 2.24) is 4.90 Å². The second-order valence-electron chi connectivity index (χ2n) is 3.90. The number of hydrogen-bond acceptors (Lipinski definition) is 3. The van der Waals surface area contributed by atoms with Crippen LogP contribution in [0.5, 0.6) is 0 Å². The van der Waals surface area contributed by atoms with E-state index in [-0.39, 0.29) is 0 Å². The molecule has 0 saturated heterocycles. The van der Waals surface area contributed by atoms with Crippen molar-refractivity contribution in [2.24, 2.45) is 5.73 Å². The molecule has 16 heavy (non-hydrogen) atoms. The molecule has 90 valence electrons. The lowest BCUT2D eigenvalue weighted by atomic mass is 10.2. The van der Waals surface area contributed by atoms with Crippen LogP contribution in [0.25, 0.3) is 0 Å². The summed E-state index contributed by atoms with van der Waals surface area (Å²) < 4.78 is 5.06. The molecule has 1 aromatic carbocycles. The van der Waals surface area contributed by atoms with Crippen LogP contribution in [0, 0.1) is 0 Å². The third-order valence-electron chi connectivity index (χ3n) is 2.52. The predicted molar refractivity (Wildman–Crippen MR) is 67.3 cm³/mol. The first-order valence-corrected chi connectivity index (χ1v) is 5.82. The largest absolute Gasteiger partial charge is 0.385 e. The molecule has 0 bridgehead atoms. The third-order valence-corrected chi connectivity index (χ3v) is 2.52. The molecule has 0 aliphatic heterocycles. The highest BCUT2D eigenvalue weighted by Gasteiger charge is 2.04. The van der Waals surface area contributed by atoms with Gasteiger partial charge in [-0.15, -0.1) is 0 Å². The summed E-state index contributed by atoms with van der Waals surface area (Å²) in [5.74, 6) is 0. The van der Waals surface area contributed by atoms with E-state index in [1.165, 1.54) is 5.56 Å². The maximum atomic E-state index is 5.61. The topological polar surface area (TPSA) is 38.5 Å². The van der Waals surface area contributed by atoms with E-state index in [0.717, 1.165) is 32.7 Å². The molecule has 0 saturated carbocycles. The fourth-order valence-electron chi connectivity index (χ4n) is 1.73. The molecule has 0 heterocycles. The Labute approximate surface area is 98.2 Å². The van der Waals surface area contributed by atoms with Gasteiger partial charge < -0.3 is 10.5 Å². The Morgan fingerprint density at radius 1 is 1.19 bits per heavy atom. The Balaban J connectivity index is 2.38. The number of nitrogens with two attached hydrogens (primary N) is 1.